The van der Waals surface area contributed by atoms with Crippen LogP contribution in [-0.2, 0) is 11.4 Å². The van der Waals surface area contributed by atoms with E-state index in [1.165, 1.54) is 0 Å². The zero-order chi connectivity index (χ0) is 19.2. The summed E-state index contributed by atoms with van der Waals surface area (Å²) in [5, 5.41) is 20.6. The first-order valence-corrected chi connectivity index (χ1v) is 9.24. The van der Waals surface area contributed by atoms with Gasteiger partial charge in [0, 0.05) is 5.02 Å². The van der Waals surface area contributed by atoms with Gasteiger partial charge in [-0.2, -0.15) is 5.26 Å². The maximum absolute atomic E-state index is 12.0. The number of amides is 1. The summed E-state index contributed by atoms with van der Waals surface area (Å²) in [7, 11) is 0. The van der Waals surface area contributed by atoms with Crippen molar-refractivity contribution in [2.75, 3.05) is 5.75 Å². The lowest BCUT2D eigenvalue weighted by molar-refractivity contribution is -0.120. The molecule has 0 saturated carbocycles. The maximum atomic E-state index is 12.0. The van der Waals surface area contributed by atoms with Gasteiger partial charge in [-0.15, -0.1) is 10.2 Å². The van der Waals surface area contributed by atoms with Crippen molar-refractivity contribution < 1.29 is 13.9 Å². The molecule has 0 spiro atoms. The van der Waals surface area contributed by atoms with Gasteiger partial charge in [0.05, 0.1) is 11.8 Å². The number of nitriles is 1. The number of hydrogen-bond acceptors (Lipinski definition) is 7. The highest BCUT2D eigenvalue weighted by molar-refractivity contribution is 7.99. The highest BCUT2D eigenvalue weighted by Crippen LogP contribution is 2.20. The number of nitrogens with zero attached hydrogens (tertiary/aromatic N) is 3. The molecular weight excluding hydrogens is 376 g/mol. The molecule has 0 saturated heterocycles. The molecule has 138 valence electrons. The molecule has 0 unspecified atom stereocenters. The third-order valence-electron chi connectivity index (χ3n) is 3.74. The van der Waals surface area contributed by atoms with E-state index in [1.54, 1.807) is 31.2 Å². The van der Waals surface area contributed by atoms with Crippen LogP contribution in [0.3, 0.4) is 0 Å². The van der Waals surface area contributed by atoms with E-state index in [9.17, 15) is 10.1 Å². The summed E-state index contributed by atoms with van der Waals surface area (Å²) in [5.74, 6) is 0.716. The van der Waals surface area contributed by atoms with Crippen molar-refractivity contribution in [3.8, 4) is 11.8 Å². The first kappa shape index (κ1) is 20.1. The molecule has 9 heteroatoms. The minimum absolute atomic E-state index is 0.0125. The van der Waals surface area contributed by atoms with Crippen molar-refractivity contribution in [2.24, 2.45) is 5.92 Å². The van der Waals surface area contributed by atoms with E-state index >= 15 is 0 Å². The number of benzene rings is 1. The Morgan fingerprint density at radius 2 is 2.12 bits per heavy atom. The van der Waals surface area contributed by atoms with Crippen LogP contribution in [0.2, 0.25) is 5.02 Å². The number of aromatic nitrogens is 2. The number of carbonyl (C=O) groups excluding carboxylic acids is 1. The van der Waals surface area contributed by atoms with Crippen LogP contribution in [0.4, 0.5) is 0 Å². The molecule has 0 radical (unpaired) electrons. The molecule has 7 nitrogen and oxygen atoms in total. The minimum atomic E-state index is -0.913. The van der Waals surface area contributed by atoms with Gasteiger partial charge in [-0.3, -0.25) is 4.79 Å². The number of carbonyl (C=O) groups is 1. The maximum Gasteiger partial charge on any atom is 0.277 e. The smallest absolute Gasteiger partial charge is 0.277 e. The quantitative estimate of drug-likeness (QED) is 0.684. The van der Waals surface area contributed by atoms with Crippen LogP contribution in [0.15, 0.2) is 33.9 Å². The van der Waals surface area contributed by atoms with Crippen LogP contribution in [0.1, 0.15) is 26.7 Å². The van der Waals surface area contributed by atoms with Crippen molar-refractivity contribution >= 4 is 29.3 Å². The summed E-state index contributed by atoms with van der Waals surface area (Å²) in [6.07, 6.45) is 0. The molecule has 0 fully saturated rings. The lowest BCUT2D eigenvalue weighted by atomic mass is 9.90. The van der Waals surface area contributed by atoms with Gasteiger partial charge < -0.3 is 14.5 Å². The zero-order valence-electron chi connectivity index (χ0n) is 14.7. The average Bonchev–Trinajstić information content (AvgIpc) is 3.07. The van der Waals surface area contributed by atoms with Crippen molar-refractivity contribution in [2.45, 2.75) is 38.1 Å². The standard InChI is InChI=1S/C17H19ClN4O3S/c1-11(2)17(3,10-19)20-14(23)9-26-16-22-21-15(25-16)8-24-13-6-4-12(18)5-7-13/h4-7,11H,8-9H2,1-3H3,(H,20,23)/t17-/m0/s1. The largest absolute Gasteiger partial charge is 0.484 e. The number of hydrogen-bond donors (Lipinski definition) is 1. The highest BCUT2D eigenvalue weighted by Gasteiger charge is 2.30. The Morgan fingerprint density at radius 3 is 2.73 bits per heavy atom. The predicted molar refractivity (Wildman–Crippen MR) is 97.8 cm³/mol. The first-order chi connectivity index (χ1) is 12.3. The van der Waals surface area contributed by atoms with E-state index in [0.29, 0.717) is 16.7 Å². The summed E-state index contributed by atoms with van der Waals surface area (Å²) in [6, 6.07) is 9.04. The molecule has 1 aromatic carbocycles. The second kappa shape index (κ2) is 8.92. The van der Waals surface area contributed by atoms with Crippen LogP contribution < -0.4 is 10.1 Å². The normalized spacial score (nSPS) is 13.1. The molecule has 1 amide bonds. The second-order valence-electron chi connectivity index (χ2n) is 6.01. The van der Waals surface area contributed by atoms with E-state index < -0.39 is 5.54 Å². The van der Waals surface area contributed by atoms with E-state index in [4.69, 9.17) is 20.8 Å². The SMILES string of the molecule is CC(C)[C@](C)(C#N)NC(=O)CSc1nnc(COc2ccc(Cl)cc2)o1. The van der Waals surface area contributed by atoms with Crippen molar-refractivity contribution in [3.05, 3.63) is 35.2 Å². The lowest BCUT2D eigenvalue weighted by Crippen LogP contribution is -2.49. The number of rotatable bonds is 8. The molecule has 0 aliphatic rings. The summed E-state index contributed by atoms with van der Waals surface area (Å²) < 4.78 is 10.9. The molecule has 0 aliphatic heterocycles. The molecule has 26 heavy (non-hydrogen) atoms. The molecular formula is C17H19ClN4O3S. The Balaban J connectivity index is 1.82. The van der Waals surface area contributed by atoms with Gasteiger partial charge in [0.25, 0.3) is 11.1 Å². The Bertz CT molecular complexity index is 788. The van der Waals surface area contributed by atoms with Crippen LogP contribution in [0.5, 0.6) is 5.75 Å². The second-order valence-corrected chi connectivity index (χ2v) is 7.37. The minimum Gasteiger partial charge on any atom is -0.484 e. The third-order valence-corrected chi connectivity index (χ3v) is 4.81. The highest BCUT2D eigenvalue weighted by atomic mass is 35.5. The first-order valence-electron chi connectivity index (χ1n) is 7.88. The van der Waals surface area contributed by atoms with Crippen molar-refractivity contribution in [1.82, 2.24) is 15.5 Å². The molecule has 0 bridgehead atoms. The number of halogens is 1. The van der Waals surface area contributed by atoms with Crippen molar-refractivity contribution in [1.29, 1.82) is 5.26 Å². The predicted octanol–water partition coefficient (Wildman–Crippen LogP) is 3.45. The summed E-state index contributed by atoms with van der Waals surface area (Å²) in [5.41, 5.74) is -0.913. The fourth-order valence-corrected chi connectivity index (χ4v) is 2.49. The fraction of sp³-hybridized carbons (Fsp3) is 0.412. The van der Waals surface area contributed by atoms with E-state index in [2.05, 4.69) is 21.6 Å². The van der Waals surface area contributed by atoms with Crippen LogP contribution >= 0.6 is 23.4 Å². The van der Waals surface area contributed by atoms with Crippen LogP contribution in [0.25, 0.3) is 0 Å². The summed E-state index contributed by atoms with van der Waals surface area (Å²) in [6.45, 7) is 5.56. The van der Waals surface area contributed by atoms with Gasteiger partial charge in [0.1, 0.15) is 11.3 Å². The molecule has 1 N–H and O–H groups in total. The summed E-state index contributed by atoms with van der Waals surface area (Å²) >= 11 is 6.91. The van der Waals surface area contributed by atoms with E-state index in [1.807, 2.05) is 13.8 Å². The molecule has 2 rings (SSSR count). The molecule has 1 aromatic heterocycles. The molecule has 2 aromatic rings. The lowest BCUT2D eigenvalue weighted by Gasteiger charge is -2.27. The number of thioether (sulfide) groups is 1. The Kier molecular flexibility index (Phi) is 6.89. The van der Waals surface area contributed by atoms with Crippen LogP contribution in [-0.4, -0.2) is 27.4 Å². The zero-order valence-corrected chi connectivity index (χ0v) is 16.2. The van der Waals surface area contributed by atoms with E-state index in [0.717, 1.165) is 11.8 Å². The monoisotopic (exact) mass is 394 g/mol. The Morgan fingerprint density at radius 1 is 1.42 bits per heavy atom. The molecule has 1 heterocycles. The molecule has 1 atom stereocenters. The Labute approximate surface area is 161 Å². The van der Waals surface area contributed by atoms with Gasteiger partial charge in [0.15, 0.2) is 6.61 Å². The van der Waals surface area contributed by atoms with Gasteiger partial charge in [-0.1, -0.05) is 37.2 Å². The Hall–Kier alpha value is -2.24. The van der Waals surface area contributed by atoms with E-state index in [-0.39, 0.29) is 29.4 Å². The van der Waals surface area contributed by atoms with Crippen LogP contribution in [0, 0.1) is 17.2 Å². The average molecular weight is 395 g/mol. The van der Waals surface area contributed by atoms with Gasteiger partial charge in [-0.05, 0) is 37.1 Å². The van der Waals surface area contributed by atoms with Gasteiger partial charge in [-0.25, -0.2) is 0 Å². The van der Waals surface area contributed by atoms with Gasteiger partial charge >= 0.3 is 0 Å². The third kappa shape index (κ3) is 5.64. The molecule has 0 aliphatic carbocycles. The number of ether oxygens (including phenoxy) is 1. The topological polar surface area (TPSA) is 101 Å². The number of nitrogens with one attached hydrogen (secondary N) is 1. The fourth-order valence-electron chi connectivity index (χ4n) is 1.79. The summed E-state index contributed by atoms with van der Waals surface area (Å²) in [4.78, 5) is 12.0. The van der Waals surface area contributed by atoms with Crippen molar-refractivity contribution in [3.63, 3.8) is 0 Å². The van der Waals surface area contributed by atoms with Gasteiger partial charge in [0.2, 0.25) is 5.91 Å².